The maximum absolute atomic E-state index is 13.3. The molecule has 2 unspecified atom stereocenters. The third-order valence-corrected chi connectivity index (χ3v) is 6.31. The topological polar surface area (TPSA) is 91.4 Å². The first-order valence-corrected chi connectivity index (χ1v) is 8.96. The van der Waals surface area contributed by atoms with Crippen LogP contribution >= 0.6 is 0 Å². The minimum Gasteiger partial charge on any atom is -0.396 e. The van der Waals surface area contributed by atoms with Gasteiger partial charge in [0.1, 0.15) is 5.60 Å². The van der Waals surface area contributed by atoms with E-state index in [4.69, 9.17) is 11.3 Å². The molecule has 2 N–H and O–H groups in total. The summed E-state index contributed by atoms with van der Waals surface area (Å²) in [7, 11) is 0. The van der Waals surface area contributed by atoms with E-state index < -0.39 is 58.4 Å². The lowest BCUT2D eigenvalue weighted by molar-refractivity contribution is -0.137. The number of benzene rings is 1. The second-order valence-corrected chi connectivity index (χ2v) is 7.82. The number of aliphatic hydroxyl groups is 2. The Morgan fingerprint density at radius 2 is 1.97 bits per heavy atom. The molecule has 3 heterocycles. The van der Waals surface area contributed by atoms with E-state index in [9.17, 15) is 33.0 Å². The van der Waals surface area contributed by atoms with Crippen molar-refractivity contribution in [1.82, 2.24) is 0 Å². The first kappa shape index (κ1) is 19.8. The molecule has 3 fully saturated rings. The van der Waals surface area contributed by atoms with E-state index >= 15 is 0 Å². The highest BCUT2D eigenvalue weighted by molar-refractivity contribution is 6.23. The van der Waals surface area contributed by atoms with Gasteiger partial charge >= 0.3 is 6.18 Å². The molecule has 0 aliphatic carbocycles. The highest BCUT2D eigenvalue weighted by Gasteiger charge is 2.76. The van der Waals surface area contributed by atoms with Crippen LogP contribution in [0.1, 0.15) is 25.3 Å². The molecule has 7 nitrogen and oxygen atoms in total. The average molecular weight is 410 g/mol. The normalized spacial score (nSPS) is 35.9. The van der Waals surface area contributed by atoms with Crippen LogP contribution in [0.4, 0.5) is 24.5 Å². The summed E-state index contributed by atoms with van der Waals surface area (Å²) in [5.41, 5.74) is -4.78. The Kier molecular flexibility index (Phi) is 4.11. The van der Waals surface area contributed by atoms with Gasteiger partial charge in [-0.3, -0.25) is 9.59 Å². The maximum Gasteiger partial charge on any atom is 0.407 e. The fourth-order valence-corrected chi connectivity index (χ4v) is 5.06. The molecule has 1 aromatic carbocycles. The highest BCUT2D eigenvalue weighted by Crippen LogP contribution is 2.62. The lowest BCUT2D eigenvalue weighted by Gasteiger charge is -2.33. The number of carbonyl (C=O) groups excluding carboxylic acids is 2. The zero-order valence-corrected chi connectivity index (χ0v) is 15.2. The Morgan fingerprint density at radius 1 is 1.31 bits per heavy atom. The SMILES string of the molecule is [C-]#[N+]c1ccc(N2C(=O)[C@@H]3[C@H](C2=O)C2(C)OC3(CCO)C[C@H]2O)cc1C(F)(F)F. The van der Waals surface area contributed by atoms with E-state index in [0.717, 1.165) is 12.1 Å². The molecule has 4 rings (SSSR count). The van der Waals surface area contributed by atoms with Crippen molar-refractivity contribution < 1.29 is 37.7 Å². The van der Waals surface area contributed by atoms with Crippen LogP contribution in [0.3, 0.4) is 0 Å². The molecule has 0 aromatic heterocycles. The van der Waals surface area contributed by atoms with E-state index in [1.165, 1.54) is 6.92 Å². The predicted octanol–water partition coefficient (Wildman–Crippen LogP) is 2.04. The summed E-state index contributed by atoms with van der Waals surface area (Å²) in [6.07, 6.45) is -5.83. The molecular weight excluding hydrogens is 393 g/mol. The molecule has 10 heteroatoms. The second-order valence-electron chi connectivity index (χ2n) is 7.82. The summed E-state index contributed by atoms with van der Waals surface area (Å²) < 4.78 is 45.9. The van der Waals surface area contributed by atoms with Gasteiger partial charge in [0.25, 0.3) is 0 Å². The summed E-state index contributed by atoms with van der Waals surface area (Å²) in [6.45, 7) is 8.07. The van der Waals surface area contributed by atoms with Gasteiger partial charge in [-0.25, -0.2) is 9.74 Å². The van der Waals surface area contributed by atoms with Crippen LogP contribution < -0.4 is 4.90 Å². The lowest BCUT2D eigenvalue weighted by atomic mass is 9.66. The van der Waals surface area contributed by atoms with Crippen LogP contribution in [0.5, 0.6) is 0 Å². The number of rotatable bonds is 3. The van der Waals surface area contributed by atoms with Crippen molar-refractivity contribution in [2.45, 2.75) is 43.2 Å². The number of imide groups is 1. The molecule has 29 heavy (non-hydrogen) atoms. The van der Waals surface area contributed by atoms with Gasteiger partial charge in [-0.2, -0.15) is 13.2 Å². The minimum atomic E-state index is -4.83. The van der Waals surface area contributed by atoms with Gasteiger partial charge in [0, 0.05) is 25.1 Å². The fraction of sp³-hybridized carbons (Fsp3) is 0.526. The van der Waals surface area contributed by atoms with Crippen LogP contribution in [0.25, 0.3) is 4.85 Å². The van der Waals surface area contributed by atoms with Crippen molar-refractivity contribution in [3.63, 3.8) is 0 Å². The molecule has 2 bridgehead atoms. The van der Waals surface area contributed by atoms with E-state index in [0.29, 0.717) is 11.0 Å². The zero-order valence-electron chi connectivity index (χ0n) is 15.2. The third-order valence-electron chi connectivity index (χ3n) is 6.31. The summed E-state index contributed by atoms with van der Waals surface area (Å²) in [4.78, 5) is 29.8. The summed E-state index contributed by atoms with van der Waals surface area (Å²) >= 11 is 0. The quantitative estimate of drug-likeness (QED) is 0.588. The number of halogens is 3. The Balaban J connectivity index is 1.81. The minimum absolute atomic E-state index is 0.0120. The number of fused-ring (bicyclic) bond motifs is 5. The number of ether oxygens (including phenoxy) is 1. The van der Waals surface area contributed by atoms with Crippen molar-refractivity contribution in [2.24, 2.45) is 11.8 Å². The van der Waals surface area contributed by atoms with Gasteiger partial charge in [-0.05, 0) is 19.1 Å². The molecular formula is C19H17F3N2O5. The molecule has 3 aliphatic heterocycles. The molecule has 154 valence electrons. The Hall–Kier alpha value is -2.48. The number of anilines is 1. The number of nitrogens with zero attached hydrogens (tertiary/aromatic N) is 2. The van der Waals surface area contributed by atoms with Crippen molar-refractivity contribution in [3.05, 3.63) is 35.2 Å². The number of amides is 2. The predicted molar refractivity (Wildman–Crippen MR) is 91.7 cm³/mol. The second kappa shape index (κ2) is 6.01. The molecule has 5 atom stereocenters. The molecule has 0 radical (unpaired) electrons. The Labute approximate surface area is 163 Å². The van der Waals surface area contributed by atoms with Crippen LogP contribution in [-0.2, 0) is 20.5 Å². The van der Waals surface area contributed by atoms with Gasteiger partial charge in [-0.1, -0.05) is 6.07 Å². The summed E-state index contributed by atoms with van der Waals surface area (Å²) in [5.74, 6) is -3.57. The van der Waals surface area contributed by atoms with Gasteiger partial charge in [-0.15, -0.1) is 0 Å². The number of carbonyl (C=O) groups is 2. The van der Waals surface area contributed by atoms with Gasteiger partial charge in [0.05, 0.1) is 35.7 Å². The standard InChI is InChI=1S/C19H17F3N2O5/c1-17-12(26)8-18(29-17,5-6-25)14-13(17)15(27)24(16(14)28)9-3-4-11(23-2)10(7-9)19(20,21)22/h3-4,7,12-14,25-26H,5-6,8H2,1H3/t12-,13-,14+,17?,18?/m1/s1. The fourth-order valence-electron chi connectivity index (χ4n) is 5.06. The van der Waals surface area contributed by atoms with E-state index in [1.54, 1.807) is 0 Å². The smallest absolute Gasteiger partial charge is 0.396 e. The molecule has 0 spiro atoms. The maximum atomic E-state index is 13.3. The zero-order chi connectivity index (χ0) is 21.4. The van der Waals surface area contributed by atoms with Crippen molar-refractivity contribution >= 4 is 23.2 Å². The number of alkyl halides is 3. The van der Waals surface area contributed by atoms with Crippen molar-refractivity contribution in [3.8, 4) is 0 Å². The summed E-state index contributed by atoms with van der Waals surface area (Å²) in [6, 6.07) is 2.66. The van der Waals surface area contributed by atoms with Crippen molar-refractivity contribution in [2.75, 3.05) is 11.5 Å². The van der Waals surface area contributed by atoms with E-state index in [-0.39, 0.29) is 25.1 Å². The van der Waals surface area contributed by atoms with Crippen LogP contribution in [0.2, 0.25) is 0 Å². The number of hydrogen-bond acceptors (Lipinski definition) is 5. The van der Waals surface area contributed by atoms with Crippen LogP contribution in [-0.4, -0.2) is 45.9 Å². The monoisotopic (exact) mass is 410 g/mol. The first-order chi connectivity index (χ1) is 13.5. The van der Waals surface area contributed by atoms with Gasteiger partial charge in [0.15, 0.2) is 5.69 Å². The van der Waals surface area contributed by atoms with Crippen LogP contribution in [0.15, 0.2) is 18.2 Å². The molecule has 2 amide bonds. The van der Waals surface area contributed by atoms with Crippen molar-refractivity contribution in [1.29, 1.82) is 0 Å². The van der Waals surface area contributed by atoms with E-state index in [1.807, 2.05) is 0 Å². The summed E-state index contributed by atoms with van der Waals surface area (Å²) in [5, 5.41) is 19.9. The molecule has 1 aromatic rings. The Bertz CT molecular complexity index is 958. The largest absolute Gasteiger partial charge is 0.407 e. The Morgan fingerprint density at radius 3 is 2.55 bits per heavy atom. The first-order valence-electron chi connectivity index (χ1n) is 8.96. The molecule has 0 saturated carbocycles. The van der Waals surface area contributed by atoms with Crippen LogP contribution in [0, 0.1) is 18.4 Å². The van der Waals surface area contributed by atoms with Gasteiger partial charge in [0.2, 0.25) is 11.8 Å². The molecule has 3 aliphatic rings. The lowest BCUT2D eigenvalue weighted by Crippen LogP contribution is -2.49. The number of hydrogen-bond donors (Lipinski definition) is 2. The number of aliphatic hydroxyl groups excluding tert-OH is 2. The van der Waals surface area contributed by atoms with Gasteiger partial charge < -0.3 is 14.9 Å². The molecule has 3 saturated heterocycles. The van der Waals surface area contributed by atoms with E-state index in [2.05, 4.69) is 4.85 Å². The average Bonchev–Trinajstić information content (AvgIpc) is 3.16. The highest BCUT2D eigenvalue weighted by atomic mass is 19.4. The third kappa shape index (κ3) is 2.48.